The van der Waals surface area contributed by atoms with Crippen molar-refractivity contribution in [3.8, 4) is 34.0 Å². The first-order valence-electron chi connectivity index (χ1n) is 16.0. The molecular weight excluding hydrogens is 564 g/mol. The van der Waals surface area contributed by atoms with E-state index in [4.69, 9.17) is 9.47 Å². The number of carbonyl (C=O) groups is 2. The number of ketones is 1. The van der Waals surface area contributed by atoms with Crippen LogP contribution in [-0.4, -0.2) is 40.0 Å². The summed E-state index contributed by atoms with van der Waals surface area (Å²) in [6.45, 7) is 7.67. The maximum Gasteiger partial charge on any atom is 0.307 e. The topological polar surface area (TPSA) is 98.6 Å². The van der Waals surface area contributed by atoms with Crippen LogP contribution in [0.15, 0.2) is 85.2 Å². The van der Waals surface area contributed by atoms with E-state index >= 15 is 0 Å². The van der Waals surface area contributed by atoms with Crippen molar-refractivity contribution in [1.29, 1.82) is 0 Å². The van der Waals surface area contributed by atoms with E-state index in [0.717, 1.165) is 41.0 Å². The number of hydrogen-bond donors (Lipinski definition) is 1. The molecule has 4 aromatic rings. The molecule has 1 aromatic heterocycles. The predicted molar refractivity (Wildman–Crippen MR) is 178 cm³/mol. The number of rotatable bonds is 18. The maximum absolute atomic E-state index is 12.9. The summed E-state index contributed by atoms with van der Waals surface area (Å²) >= 11 is 0. The third-order valence-electron chi connectivity index (χ3n) is 7.59. The zero-order valence-corrected chi connectivity index (χ0v) is 26.6. The van der Waals surface area contributed by atoms with Crippen LogP contribution in [0, 0.1) is 11.8 Å². The highest BCUT2D eigenvalue weighted by Crippen LogP contribution is 2.25. The number of carboxylic acids is 1. The van der Waals surface area contributed by atoms with Gasteiger partial charge in [-0.3, -0.25) is 9.59 Å². The number of hydrogen-bond acceptors (Lipinski definition) is 6. The Kier molecular flexibility index (Phi) is 12.7. The van der Waals surface area contributed by atoms with Crippen LogP contribution in [0.5, 0.6) is 11.5 Å². The highest BCUT2D eigenvalue weighted by atomic mass is 16.5. The predicted octanol–water partition coefficient (Wildman–Crippen LogP) is 8.71. The molecule has 1 N–H and O–H groups in total. The summed E-state index contributed by atoms with van der Waals surface area (Å²) in [6.07, 6.45) is 9.82. The van der Waals surface area contributed by atoms with Crippen molar-refractivity contribution in [2.45, 2.75) is 65.7 Å². The number of ether oxygens (including phenoxy) is 2. The molecule has 0 saturated carbocycles. The van der Waals surface area contributed by atoms with Gasteiger partial charge in [-0.2, -0.15) is 0 Å². The van der Waals surface area contributed by atoms with Gasteiger partial charge in [-0.1, -0.05) is 82.9 Å². The molecule has 0 saturated heterocycles. The van der Waals surface area contributed by atoms with Crippen molar-refractivity contribution < 1.29 is 24.2 Å². The molecule has 7 nitrogen and oxygen atoms in total. The van der Waals surface area contributed by atoms with Gasteiger partial charge in [-0.25, -0.2) is 9.97 Å². The van der Waals surface area contributed by atoms with Crippen LogP contribution in [0.3, 0.4) is 0 Å². The number of aromatic nitrogens is 2. The van der Waals surface area contributed by atoms with Crippen LogP contribution < -0.4 is 9.47 Å². The van der Waals surface area contributed by atoms with Crippen molar-refractivity contribution in [2.24, 2.45) is 11.8 Å². The highest BCUT2D eigenvalue weighted by Gasteiger charge is 2.23. The van der Waals surface area contributed by atoms with Gasteiger partial charge in [0.1, 0.15) is 11.5 Å². The van der Waals surface area contributed by atoms with E-state index < -0.39 is 11.9 Å². The fourth-order valence-corrected chi connectivity index (χ4v) is 4.93. The summed E-state index contributed by atoms with van der Waals surface area (Å²) in [7, 11) is 0. The van der Waals surface area contributed by atoms with E-state index in [1.54, 1.807) is 36.7 Å². The number of nitrogens with zero attached hydrogens (tertiary/aromatic N) is 2. The highest BCUT2D eigenvalue weighted by molar-refractivity contribution is 5.98. The Labute approximate surface area is 266 Å². The van der Waals surface area contributed by atoms with Gasteiger partial charge in [0.15, 0.2) is 11.6 Å². The van der Waals surface area contributed by atoms with Gasteiger partial charge in [0.25, 0.3) is 0 Å². The minimum absolute atomic E-state index is 0.0833. The molecule has 45 heavy (non-hydrogen) atoms. The molecule has 1 atom stereocenters. The monoisotopic (exact) mass is 608 g/mol. The third-order valence-corrected chi connectivity index (χ3v) is 7.59. The van der Waals surface area contributed by atoms with Gasteiger partial charge in [-0.05, 0) is 66.3 Å². The Morgan fingerprint density at radius 1 is 0.733 bits per heavy atom. The first-order valence-corrected chi connectivity index (χ1v) is 16.0. The lowest BCUT2D eigenvalue weighted by atomic mass is 9.92. The SMILES string of the molecule is CCCCCCCOc1ccc(-c2cnc(-c3ccc(C[C@H](CC(=O)c4ccc(OCC(C)C)cc4)C(=O)O)cc3)nc2)cc1. The van der Waals surface area contributed by atoms with Crippen LogP contribution in [0.1, 0.15) is 75.2 Å². The summed E-state index contributed by atoms with van der Waals surface area (Å²) in [5.41, 5.74) is 4.06. The van der Waals surface area contributed by atoms with E-state index in [9.17, 15) is 14.7 Å². The van der Waals surface area contributed by atoms with Crippen molar-refractivity contribution in [2.75, 3.05) is 13.2 Å². The van der Waals surface area contributed by atoms with Crippen LogP contribution >= 0.6 is 0 Å². The van der Waals surface area contributed by atoms with Crippen LogP contribution in [0.25, 0.3) is 22.5 Å². The largest absolute Gasteiger partial charge is 0.494 e. The van der Waals surface area contributed by atoms with Crippen molar-refractivity contribution in [3.63, 3.8) is 0 Å². The third kappa shape index (κ3) is 10.6. The number of carbonyl (C=O) groups excluding carboxylic acids is 1. The normalized spacial score (nSPS) is 11.7. The lowest BCUT2D eigenvalue weighted by Gasteiger charge is -2.13. The van der Waals surface area contributed by atoms with Crippen LogP contribution in [0.2, 0.25) is 0 Å². The minimum atomic E-state index is -0.995. The van der Waals surface area contributed by atoms with Crippen LogP contribution in [0.4, 0.5) is 0 Å². The molecule has 4 rings (SSSR count). The Morgan fingerprint density at radius 3 is 1.96 bits per heavy atom. The summed E-state index contributed by atoms with van der Waals surface area (Å²) < 4.78 is 11.5. The molecule has 0 fully saturated rings. The summed E-state index contributed by atoms with van der Waals surface area (Å²) in [5.74, 6) is 0.499. The number of Topliss-reactive ketones (excluding diaryl/α,β-unsaturated/α-hetero) is 1. The first-order chi connectivity index (χ1) is 21.8. The van der Waals surface area contributed by atoms with Gasteiger partial charge < -0.3 is 14.6 Å². The Balaban J connectivity index is 1.30. The zero-order chi connectivity index (χ0) is 32.0. The molecule has 0 aliphatic carbocycles. The average Bonchev–Trinajstić information content (AvgIpc) is 3.06. The summed E-state index contributed by atoms with van der Waals surface area (Å²) in [4.78, 5) is 34.0. The standard InChI is InChI=1S/C38H44N2O5/c1-4-5-6-7-8-21-44-34-17-13-29(14-18-34)33-24-39-37(40-25-33)31-11-9-28(10-12-31)22-32(38(42)43)23-36(41)30-15-19-35(20-16-30)45-26-27(2)3/h9-20,24-25,27,32H,4-8,21-23,26H2,1-3H3,(H,42,43)/t32-/m1/s1. The Morgan fingerprint density at radius 2 is 1.33 bits per heavy atom. The van der Waals surface area contributed by atoms with Crippen molar-refractivity contribution in [1.82, 2.24) is 9.97 Å². The quantitative estimate of drug-likeness (QED) is 0.0891. The molecule has 0 amide bonds. The molecule has 3 aromatic carbocycles. The van der Waals surface area contributed by atoms with E-state index in [1.807, 2.05) is 48.5 Å². The molecule has 236 valence electrons. The lowest BCUT2D eigenvalue weighted by molar-refractivity contribution is -0.141. The lowest BCUT2D eigenvalue weighted by Crippen LogP contribution is -2.20. The van der Waals surface area contributed by atoms with E-state index in [2.05, 4.69) is 30.7 Å². The van der Waals surface area contributed by atoms with Crippen molar-refractivity contribution >= 4 is 11.8 Å². The van der Waals surface area contributed by atoms with Crippen molar-refractivity contribution in [3.05, 3.63) is 96.3 Å². The summed E-state index contributed by atoms with van der Waals surface area (Å²) in [5, 5.41) is 9.84. The second-order valence-corrected chi connectivity index (χ2v) is 11.9. The molecular formula is C38H44N2O5. The number of carboxylic acid groups (broad SMARTS) is 1. The first kappa shape index (κ1) is 33.4. The van der Waals surface area contributed by atoms with Gasteiger partial charge in [0.05, 0.1) is 19.1 Å². The molecule has 0 aliphatic rings. The van der Waals surface area contributed by atoms with Crippen LogP contribution in [-0.2, 0) is 11.2 Å². The minimum Gasteiger partial charge on any atom is -0.494 e. The Hall–Kier alpha value is -4.52. The van der Waals surface area contributed by atoms with Gasteiger partial charge >= 0.3 is 5.97 Å². The zero-order valence-electron chi connectivity index (χ0n) is 26.6. The number of benzene rings is 3. The van der Waals surface area contributed by atoms with E-state index in [1.165, 1.54) is 25.7 Å². The Bertz CT molecular complexity index is 1480. The smallest absolute Gasteiger partial charge is 0.307 e. The maximum atomic E-state index is 12.9. The molecule has 0 radical (unpaired) electrons. The molecule has 0 bridgehead atoms. The van der Waals surface area contributed by atoms with E-state index in [-0.39, 0.29) is 18.6 Å². The molecule has 0 spiro atoms. The number of aliphatic carboxylic acids is 1. The fraction of sp³-hybridized carbons (Fsp3) is 0.368. The molecule has 0 unspecified atom stereocenters. The summed E-state index contributed by atoms with van der Waals surface area (Å²) in [6, 6.07) is 22.4. The molecule has 7 heteroatoms. The van der Waals surface area contributed by atoms with E-state index in [0.29, 0.717) is 29.7 Å². The van der Waals surface area contributed by atoms with Gasteiger partial charge in [-0.15, -0.1) is 0 Å². The second kappa shape index (κ2) is 17.1. The van der Waals surface area contributed by atoms with Gasteiger partial charge in [0, 0.05) is 35.5 Å². The number of unbranched alkanes of at least 4 members (excludes halogenated alkanes) is 4. The average molecular weight is 609 g/mol. The second-order valence-electron chi connectivity index (χ2n) is 11.9. The molecule has 0 aliphatic heterocycles. The fourth-order valence-electron chi connectivity index (χ4n) is 4.93. The molecule has 1 heterocycles. The van der Waals surface area contributed by atoms with Gasteiger partial charge in [0.2, 0.25) is 0 Å².